The van der Waals surface area contributed by atoms with Crippen LogP contribution in [0.25, 0.3) is 0 Å². The highest BCUT2D eigenvalue weighted by molar-refractivity contribution is 6.31. The fraction of sp³-hybridized carbons (Fsp3) is 0.235. The van der Waals surface area contributed by atoms with E-state index in [0.29, 0.717) is 10.6 Å². The van der Waals surface area contributed by atoms with Gasteiger partial charge in [0, 0.05) is 30.5 Å². The van der Waals surface area contributed by atoms with Gasteiger partial charge in [-0.05, 0) is 42.3 Å². The Bertz CT molecular complexity index is 638. The molecule has 2 rings (SSSR count). The molecule has 0 aliphatic heterocycles. The minimum absolute atomic E-state index is 0.0916. The van der Waals surface area contributed by atoms with Crippen molar-refractivity contribution in [3.63, 3.8) is 0 Å². The molecular formula is C17H19ClN2O. The van der Waals surface area contributed by atoms with Crippen molar-refractivity contribution in [2.24, 2.45) is 0 Å². The average molecular weight is 303 g/mol. The van der Waals surface area contributed by atoms with Gasteiger partial charge in [-0.15, -0.1) is 0 Å². The largest absolute Gasteiger partial charge is 0.387 e. The molecule has 2 aromatic carbocycles. The van der Waals surface area contributed by atoms with E-state index in [1.807, 2.05) is 30.3 Å². The van der Waals surface area contributed by atoms with Crippen molar-refractivity contribution >= 4 is 28.9 Å². The first-order valence-electron chi connectivity index (χ1n) is 6.91. The van der Waals surface area contributed by atoms with E-state index in [-0.39, 0.29) is 5.91 Å². The monoisotopic (exact) mass is 302 g/mol. The van der Waals surface area contributed by atoms with Crippen LogP contribution in [0.3, 0.4) is 0 Å². The van der Waals surface area contributed by atoms with Gasteiger partial charge in [0.2, 0.25) is 0 Å². The van der Waals surface area contributed by atoms with E-state index in [1.54, 1.807) is 31.1 Å². The second-order valence-corrected chi connectivity index (χ2v) is 5.26. The molecule has 110 valence electrons. The Labute approximate surface area is 130 Å². The number of amides is 1. The van der Waals surface area contributed by atoms with Gasteiger partial charge < -0.3 is 10.2 Å². The van der Waals surface area contributed by atoms with Crippen LogP contribution in [0.15, 0.2) is 42.5 Å². The fourth-order valence-corrected chi connectivity index (χ4v) is 2.34. The maximum atomic E-state index is 12.7. The van der Waals surface area contributed by atoms with E-state index in [1.165, 1.54) is 5.56 Å². The number of halogens is 1. The summed E-state index contributed by atoms with van der Waals surface area (Å²) in [5.74, 6) is -0.0916. The molecule has 0 radical (unpaired) electrons. The summed E-state index contributed by atoms with van der Waals surface area (Å²) in [6.07, 6.45) is 0.982. The third-order valence-electron chi connectivity index (χ3n) is 3.52. The van der Waals surface area contributed by atoms with E-state index in [0.717, 1.165) is 17.8 Å². The lowest BCUT2D eigenvalue weighted by Crippen LogP contribution is -2.27. The predicted octanol–water partition coefficient (Wildman–Crippen LogP) is 4.22. The maximum absolute atomic E-state index is 12.7. The predicted molar refractivity (Wildman–Crippen MR) is 89.6 cm³/mol. The first-order chi connectivity index (χ1) is 10.1. The summed E-state index contributed by atoms with van der Waals surface area (Å²) in [5.41, 5.74) is 3.44. The van der Waals surface area contributed by atoms with E-state index in [2.05, 4.69) is 12.2 Å². The molecule has 1 amide bonds. The zero-order chi connectivity index (χ0) is 15.4. The van der Waals surface area contributed by atoms with E-state index < -0.39 is 0 Å². The topological polar surface area (TPSA) is 32.3 Å². The fourth-order valence-electron chi connectivity index (χ4n) is 2.16. The molecule has 0 aromatic heterocycles. The zero-order valence-electron chi connectivity index (χ0n) is 12.5. The lowest BCUT2D eigenvalue weighted by molar-refractivity contribution is 0.0994. The first-order valence-corrected chi connectivity index (χ1v) is 7.29. The normalized spacial score (nSPS) is 10.3. The minimum Gasteiger partial charge on any atom is -0.387 e. The number of hydrogen-bond acceptors (Lipinski definition) is 2. The van der Waals surface area contributed by atoms with Gasteiger partial charge in [0.25, 0.3) is 5.91 Å². The lowest BCUT2D eigenvalue weighted by Gasteiger charge is -2.19. The zero-order valence-corrected chi connectivity index (χ0v) is 13.2. The average Bonchev–Trinajstić information content (AvgIpc) is 2.53. The smallest absolute Gasteiger partial charge is 0.260 e. The number of anilines is 2. The molecular weight excluding hydrogens is 284 g/mol. The van der Waals surface area contributed by atoms with Gasteiger partial charge in [0.15, 0.2) is 0 Å². The number of hydrogen-bond donors (Lipinski definition) is 1. The summed E-state index contributed by atoms with van der Waals surface area (Å²) in [6.45, 7) is 2.11. The van der Waals surface area contributed by atoms with Gasteiger partial charge >= 0.3 is 0 Å². The first kappa shape index (κ1) is 15.4. The van der Waals surface area contributed by atoms with Crippen molar-refractivity contribution in [1.29, 1.82) is 0 Å². The standard InChI is InChI=1S/C17H19ClN2O/c1-4-12-5-8-14(9-6-12)20(3)17(21)15-11-13(18)7-10-16(15)19-2/h5-11,19H,4H2,1-3H3. The molecule has 3 nitrogen and oxygen atoms in total. The molecule has 0 aliphatic carbocycles. The number of carbonyl (C=O) groups excluding carboxylic acids is 1. The van der Waals surface area contributed by atoms with E-state index in [9.17, 15) is 4.79 Å². The van der Waals surface area contributed by atoms with Crippen LogP contribution in [0.1, 0.15) is 22.8 Å². The Kier molecular flexibility index (Phi) is 4.86. The summed E-state index contributed by atoms with van der Waals surface area (Å²) in [7, 11) is 3.56. The van der Waals surface area contributed by atoms with Crippen LogP contribution in [0.4, 0.5) is 11.4 Å². The molecule has 0 heterocycles. The molecule has 0 fully saturated rings. The third kappa shape index (κ3) is 3.37. The third-order valence-corrected chi connectivity index (χ3v) is 3.75. The van der Waals surface area contributed by atoms with E-state index in [4.69, 9.17) is 11.6 Å². The summed E-state index contributed by atoms with van der Waals surface area (Å²) in [5, 5.41) is 3.57. The number of nitrogens with one attached hydrogen (secondary N) is 1. The summed E-state index contributed by atoms with van der Waals surface area (Å²) >= 11 is 6.01. The van der Waals surface area contributed by atoms with Gasteiger partial charge in [-0.2, -0.15) is 0 Å². The van der Waals surface area contributed by atoms with Crippen molar-refractivity contribution in [3.05, 3.63) is 58.6 Å². The van der Waals surface area contributed by atoms with Crippen LogP contribution >= 0.6 is 11.6 Å². The van der Waals surface area contributed by atoms with Crippen LogP contribution in [0.2, 0.25) is 5.02 Å². The molecule has 0 bridgehead atoms. The van der Waals surface area contributed by atoms with Crippen LogP contribution in [-0.2, 0) is 6.42 Å². The van der Waals surface area contributed by atoms with Crippen LogP contribution < -0.4 is 10.2 Å². The Morgan fingerprint density at radius 2 is 1.86 bits per heavy atom. The highest BCUT2D eigenvalue weighted by Crippen LogP contribution is 2.24. The number of rotatable bonds is 4. The number of nitrogens with zero attached hydrogens (tertiary/aromatic N) is 1. The lowest BCUT2D eigenvalue weighted by atomic mass is 10.1. The molecule has 21 heavy (non-hydrogen) atoms. The van der Waals surface area contributed by atoms with Crippen LogP contribution in [0, 0.1) is 0 Å². The number of carbonyl (C=O) groups is 1. The molecule has 4 heteroatoms. The minimum atomic E-state index is -0.0916. The second-order valence-electron chi connectivity index (χ2n) is 4.82. The van der Waals surface area contributed by atoms with Crippen molar-refractivity contribution in [3.8, 4) is 0 Å². The van der Waals surface area contributed by atoms with Crippen molar-refractivity contribution in [1.82, 2.24) is 0 Å². The molecule has 0 atom stereocenters. The van der Waals surface area contributed by atoms with Gasteiger partial charge in [0.05, 0.1) is 5.56 Å². The second kappa shape index (κ2) is 6.64. The Morgan fingerprint density at radius 3 is 2.43 bits per heavy atom. The molecule has 0 aliphatic rings. The number of benzene rings is 2. The Hall–Kier alpha value is -2.00. The SMILES string of the molecule is CCc1ccc(N(C)C(=O)c2cc(Cl)ccc2NC)cc1. The van der Waals surface area contributed by atoms with Crippen molar-refractivity contribution in [2.45, 2.75) is 13.3 Å². The van der Waals surface area contributed by atoms with E-state index >= 15 is 0 Å². The summed E-state index contributed by atoms with van der Waals surface area (Å²) < 4.78 is 0. The quantitative estimate of drug-likeness (QED) is 0.917. The summed E-state index contributed by atoms with van der Waals surface area (Å²) in [4.78, 5) is 14.3. The van der Waals surface area contributed by atoms with Crippen LogP contribution in [0.5, 0.6) is 0 Å². The van der Waals surface area contributed by atoms with Crippen LogP contribution in [-0.4, -0.2) is 20.0 Å². The Balaban J connectivity index is 2.32. The highest BCUT2D eigenvalue weighted by atomic mass is 35.5. The van der Waals surface area contributed by atoms with Crippen molar-refractivity contribution in [2.75, 3.05) is 24.3 Å². The molecule has 1 N–H and O–H groups in total. The van der Waals surface area contributed by atoms with Gasteiger partial charge in [-0.1, -0.05) is 30.7 Å². The maximum Gasteiger partial charge on any atom is 0.260 e. The molecule has 0 saturated carbocycles. The number of aryl methyl sites for hydroxylation is 1. The molecule has 0 spiro atoms. The van der Waals surface area contributed by atoms with Gasteiger partial charge in [-0.3, -0.25) is 4.79 Å². The molecule has 0 unspecified atom stereocenters. The summed E-state index contributed by atoms with van der Waals surface area (Å²) in [6, 6.07) is 13.3. The molecule has 2 aromatic rings. The highest BCUT2D eigenvalue weighted by Gasteiger charge is 2.17. The van der Waals surface area contributed by atoms with Crippen molar-refractivity contribution < 1.29 is 4.79 Å². The Morgan fingerprint density at radius 1 is 1.19 bits per heavy atom. The molecule has 0 saturated heterocycles. The van der Waals surface area contributed by atoms with Gasteiger partial charge in [-0.25, -0.2) is 0 Å². The van der Waals surface area contributed by atoms with Gasteiger partial charge in [0.1, 0.15) is 0 Å².